The third kappa shape index (κ3) is 4.50. The molecule has 1 aromatic rings. The lowest BCUT2D eigenvalue weighted by molar-refractivity contribution is 0.470. The average molecular weight is 278 g/mol. The van der Waals surface area contributed by atoms with Crippen molar-refractivity contribution in [3.05, 3.63) is 35.4 Å². The van der Waals surface area contributed by atoms with Crippen LogP contribution in [0.2, 0.25) is 0 Å². The van der Waals surface area contributed by atoms with Crippen molar-refractivity contribution in [3.63, 3.8) is 0 Å². The quantitative estimate of drug-likeness (QED) is 0.796. The van der Waals surface area contributed by atoms with E-state index in [-0.39, 0.29) is 6.04 Å². The lowest BCUT2D eigenvalue weighted by Crippen LogP contribution is -2.37. The van der Waals surface area contributed by atoms with Gasteiger partial charge < -0.3 is 10.6 Å². The van der Waals surface area contributed by atoms with Crippen molar-refractivity contribution < 1.29 is 0 Å². The number of rotatable bonds is 5. The summed E-state index contributed by atoms with van der Waals surface area (Å²) in [5.74, 6) is 1.11. The Labute approximate surface area is 123 Å². The number of benzene rings is 1. The molecule has 1 aromatic carbocycles. The molecule has 0 saturated heterocycles. The summed E-state index contributed by atoms with van der Waals surface area (Å²) in [7, 11) is 1.85. The first-order valence-corrected chi connectivity index (χ1v) is 7.48. The highest BCUT2D eigenvalue weighted by Crippen LogP contribution is 2.25. The van der Waals surface area contributed by atoms with E-state index in [1.54, 1.807) is 0 Å². The molecule has 0 aliphatic heterocycles. The van der Waals surface area contributed by atoms with Gasteiger partial charge in [0.2, 0.25) is 0 Å². The first kappa shape index (κ1) is 16.0. The Morgan fingerprint density at radius 3 is 2.05 bits per heavy atom. The molecule has 0 heterocycles. The maximum atomic E-state index is 5.21. The zero-order valence-corrected chi connectivity index (χ0v) is 13.5. The van der Waals surface area contributed by atoms with Crippen LogP contribution < -0.4 is 10.6 Å². The molecule has 19 heavy (non-hydrogen) atoms. The summed E-state index contributed by atoms with van der Waals surface area (Å²) >= 11 is 5.21. The largest absolute Gasteiger partial charge is 0.366 e. The van der Waals surface area contributed by atoms with Gasteiger partial charge in [-0.05, 0) is 41.6 Å². The molecule has 0 spiro atoms. The standard InChI is InChI=1S/C16H26N2S/c1-6-12(4)13-7-9-14(10-8-13)15(11(2)3)18-16(19)17-5/h7-12,15H,6H2,1-5H3,(H2,17,18,19)/t12-,15+/m0/s1. The van der Waals surface area contributed by atoms with Gasteiger partial charge in [-0.3, -0.25) is 0 Å². The monoisotopic (exact) mass is 278 g/mol. The fourth-order valence-electron chi connectivity index (χ4n) is 2.12. The first-order chi connectivity index (χ1) is 8.99. The van der Waals surface area contributed by atoms with E-state index in [4.69, 9.17) is 12.2 Å². The maximum absolute atomic E-state index is 5.21. The molecule has 3 heteroatoms. The Hall–Kier alpha value is -1.09. The number of hydrogen-bond donors (Lipinski definition) is 2. The van der Waals surface area contributed by atoms with E-state index in [9.17, 15) is 0 Å². The summed E-state index contributed by atoms with van der Waals surface area (Å²) in [5.41, 5.74) is 2.70. The van der Waals surface area contributed by atoms with Crippen molar-refractivity contribution in [2.75, 3.05) is 7.05 Å². The Morgan fingerprint density at radius 2 is 1.63 bits per heavy atom. The van der Waals surface area contributed by atoms with Crippen molar-refractivity contribution in [3.8, 4) is 0 Å². The molecule has 0 unspecified atom stereocenters. The fourth-order valence-corrected chi connectivity index (χ4v) is 2.24. The first-order valence-electron chi connectivity index (χ1n) is 7.07. The molecule has 0 aliphatic rings. The van der Waals surface area contributed by atoms with Gasteiger partial charge in [0.15, 0.2) is 5.11 Å². The van der Waals surface area contributed by atoms with E-state index in [0.717, 1.165) is 0 Å². The van der Waals surface area contributed by atoms with Gasteiger partial charge in [-0.1, -0.05) is 52.0 Å². The van der Waals surface area contributed by atoms with Crippen LogP contribution in [0, 0.1) is 5.92 Å². The normalized spacial score (nSPS) is 14.0. The van der Waals surface area contributed by atoms with Gasteiger partial charge in [-0.2, -0.15) is 0 Å². The number of thiocarbonyl (C=S) groups is 1. The van der Waals surface area contributed by atoms with Gasteiger partial charge in [0, 0.05) is 7.05 Å². The van der Waals surface area contributed by atoms with E-state index in [0.29, 0.717) is 16.9 Å². The Balaban J connectivity index is 2.88. The zero-order valence-electron chi connectivity index (χ0n) is 12.7. The molecule has 1 rings (SSSR count). The second-order valence-corrected chi connectivity index (χ2v) is 5.83. The molecule has 0 radical (unpaired) electrons. The van der Waals surface area contributed by atoms with Crippen LogP contribution in [0.3, 0.4) is 0 Å². The molecule has 2 atom stereocenters. The molecular weight excluding hydrogens is 252 g/mol. The molecule has 0 fully saturated rings. The van der Waals surface area contributed by atoms with Crippen LogP contribution in [0.25, 0.3) is 0 Å². The Kier molecular flexibility index (Phi) is 6.29. The topological polar surface area (TPSA) is 24.1 Å². The van der Waals surface area contributed by atoms with Gasteiger partial charge >= 0.3 is 0 Å². The highest BCUT2D eigenvalue weighted by Gasteiger charge is 2.16. The summed E-state index contributed by atoms with van der Waals surface area (Å²) in [5, 5.41) is 7.04. The molecule has 0 aromatic heterocycles. The van der Waals surface area contributed by atoms with Crippen molar-refractivity contribution in [2.45, 2.75) is 46.1 Å². The minimum absolute atomic E-state index is 0.255. The minimum Gasteiger partial charge on any atom is -0.366 e. The molecule has 2 N–H and O–H groups in total. The summed E-state index contributed by atoms with van der Waals surface area (Å²) in [6.07, 6.45) is 1.18. The number of nitrogens with one attached hydrogen (secondary N) is 2. The third-order valence-corrected chi connectivity index (χ3v) is 3.98. The van der Waals surface area contributed by atoms with Gasteiger partial charge in [0.25, 0.3) is 0 Å². The highest BCUT2D eigenvalue weighted by molar-refractivity contribution is 7.80. The van der Waals surface area contributed by atoms with E-state index in [1.165, 1.54) is 17.5 Å². The van der Waals surface area contributed by atoms with Crippen molar-refractivity contribution in [2.24, 2.45) is 5.92 Å². The summed E-state index contributed by atoms with van der Waals surface area (Å²) in [6, 6.07) is 9.17. The summed E-state index contributed by atoms with van der Waals surface area (Å²) in [4.78, 5) is 0. The van der Waals surface area contributed by atoms with Crippen LogP contribution in [-0.2, 0) is 0 Å². The van der Waals surface area contributed by atoms with Crippen molar-refractivity contribution >= 4 is 17.3 Å². The maximum Gasteiger partial charge on any atom is 0.166 e. The van der Waals surface area contributed by atoms with Crippen LogP contribution in [0.1, 0.15) is 57.2 Å². The molecule has 106 valence electrons. The SMILES string of the molecule is CC[C@H](C)c1ccc([C@H](NC(=S)NC)C(C)C)cc1. The van der Waals surface area contributed by atoms with Gasteiger partial charge in [0.1, 0.15) is 0 Å². The smallest absolute Gasteiger partial charge is 0.166 e. The van der Waals surface area contributed by atoms with Crippen LogP contribution in [0.4, 0.5) is 0 Å². The van der Waals surface area contributed by atoms with Crippen molar-refractivity contribution in [1.82, 2.24) is 10.6 Å². The van der Waals surface area contributed by atoms with Gasteiger partial charge in [0.05, 0.1) is 6.04 Å². The van der Waals surface area contributed by atoms with Gasteiger partial charge in [-0.25, -0.2) is 0 Å². The van der Waals surface area contributed by atoms with Crippen LogP contribution in [0.15, 0.2) is 24.3 Å². The average Bonchev–Trinajstić information content (AvgIpc) is 2.43. The molecule has 0 amide bonds. The van der Waals surface area contributed by atoms with Crippen LogP contribution >= 0.6 is 12.2 Å². The van der Waals surface area contributed by atoms with E-state index in [2.05, 4.69) is 62.6 Å². The molecule has 0 aliphatic carbocycles. The Morgan fingerprint density at radius 1 is 1.11 bits per heavy atom. The second-order valence-electron chi connectivity index (χ2n) is 5.42. The summed E-state index contributed by atoms with van der Waals surface area (Å²) in [6.45, 7) is 8.91. The molecular formula is C16H26N2S. The van der Waals surface area contributed by atoms with Crippen molar-refractivity contribution in [1.29, 1.82) is 0 Å². The Bertz CT molecular complexity index is 398. The minimum atomic E-state index is 0.255. The molecule has 0 bridgehead atoms. The fraction of sp³-hybridized carbons (Fsp3) is 0.562. The van der Waals surface area contributed by atoms with E-state index >= 15 is 0 Å². The zero-order chi connectivity index (χ0) is 14.4. The second kappa shape index (κ2) is 7.49. The molecule has 2 nitrogen and oxygen atoms in total. The highest BCUT2D eigenvalue weighted by atomic mass is 32.1. The van der Waals surface area contributed by atoms with Crippen LogP contribution in [0.5, 0.6) is 0 Å². The lowest BCUT2D eigenvalue weighted by atomic mass is 9.92. The summed E-state index contributed by atoms with van der Waals surface area (Å²) < 4.78 is 0. The predicted molar refractivity (Wildman–Crippen MR) is 87.5 cm³/mol. The number of hydrogen-bond acceptors (Lipinski definition) is 1. The van der Waals surface area contributed by atoms with Crippen LogP contribution in [-0.4, -0.2) is 12.2 Å². The van der Waals surface area contributed by atoms with E-state index in [1.807, 2.05) is 7.05 Å². The lowest BCUT2D eigenvalue weighted by Gasteiger charge is -2.24. The van der Waals surface area contributed by atoms with Gasteiger partial charge in [-0.15, -0.1) is 0 Å². The third-order valence-electron chi connectivity index (χ3n) is 3.66. The predicted octanol–water partition coefficient (Wildman–Crippen LogP) is 3.99. The van der Waals surface area contributed by atoms with E-state index < -0.39 is 0 Å². The molecule has 0 saturated carbocycles.